The normalized spacial score (nSPS) is 20.8. The highest BCUT2D eigenvalue weighted by molar-refractivity contribution is 7.88. The van der Waals surface area contributed by atoms with Crippen LogP contribution in [0.2, 0.25) is 0 Å². The summed E-state index contributed by atoms with van der Waals surface area (Å²) < 4.78 is 34.5. The molecule has 5 nitrogen and oxygen atoms in total. The van der Waals surface area contributed by atoms with E-state index in [1.54, 1.807) is 12.1 Å². The van der Waals surface area contributed by atoms with Crippen LogP contribution in [0.4, 0.5) is 0 Å². The lowest BCUT2D eigenvalue weighted by Gasteiger charge is -2.32. The molecule has 1 saturated heterocycles. The van der Waals surface area contributed by atoms with Crippen LogP contribution in [0.1, 0.15) is 38.8 Å². The van der Waals surface area contributed by atoms with Crippen molar-refractivity contribution >= 4 is 22.6 Å². The molecular weight excluding hydrogens is 289 g/mol. The van der Waals surface area contributed by atoms with Crippen LogP contribution in [0, 0.1) is 6.92 Å². The number of hydrogen-bond acceptors (Lipinski definition) is 4. The van der Waals surface area contributed by atoms with Gasteiger partial charge in [0.2, 0.25) is 10.0 Å². The third-order valence-corrected chi connectivity index (χ3v) is 4.95. The van der Waals surface area contributed by atoms with Crippen molar-refractivity contribution < 1.29 is 17.7 Å². The number of rotatable bonds is 3. The van der Waals surface area contributed by atoms with E-state index >= 15 is 0 Å². The number of aryl methyl sites for hydroxylation is 1. The molecule has 21 heavy (non-hydrogen) atoms. The van der Waals surface area contributed by atoms with Gasteiger partial charge in [0, 0.05) is 0 Å². The van der Waals surface area contributed by atoms with E-state index in [4.69, 9.17) is 14.4 Å². The molecule has 0 unspecified atom stereocenters. The highest BCUT2D eigenvalue weighted by atomic mass is 32.2. The Hall–Kier alpha value is -0.885. The maximum absolute atomic E-state index is 11.2. The summed E-state index contributed by atoms with van der Waals surface area (Å²) in [5.41, 5.74) is 1.61. The van der Waals surface area contributed by atoms with E-state index in [1.807, 2.05) is 40.7 Å². The van der Waals surface area contributed by atoms with Crippen LogP contribution in [-0.2, 0) is 25.1 Å². The zero-order chi connectivity index (χ0) is 16.1. The largest absolute Gasteiger partial charge is 0.495 e. The average Bonchev–Trinajstić information content (AvgIpc) is 2.49. The van der Waals surface area contributed by atoms with Crippen molar-refractivity contribution in [1.29, 1.82) is 0 Å². The SMILES string of the molecule is Cc1ccc(CS(N)(=O)=O)cc1B1OC(C)(C)C(C)(C)O1. The zero-order valence-electron chi connectivity index (χ0n) is 13.1. The summed E-state index contributed by atoms with van der Waals surface area (Å²) in [6, 6.07) is 5.41. The van der Waals surface area contributed by atoms with Gasteiger partial charge in [-0.05, 0) is 45.6 Å². The average molecular weight is 311 g/mol. The maximum atomic E-state index is 11.2. The fraction of sp³-hybridized carbons (Fsp3) is 0.571. The van der Waals surface area contributed by atoms with E-state index in [2.05, 4.69) is 0 Å². The Balaban J connectivity index is 2.35. The quantitative estimate of drug-likeness (QED) is 0.847. The van der Waals surface area contributed by atoms with Crippen molar-refractivity contribution in [3.05, 3.63) is 29.3 Å². The Morgan fingerprint density at radius 2 is 1.67 bits per heavy atom. The molecule has 0 bridgehead atoms. The Morgan fingerprint density at radius 3 is 2.14 bits per heavy atom. The van der Waals surface area contributed by atoms with E-state index < -0.39 is 28.3 Å². The van der Waals surface area contributed by atoms with Crippen LogP contribution in [0.5, 0.6) is 0 Å². The predicted octanol–water partition coefficient (Wildman–Crippen LogP) is 1.08. The first-order valence-electron chi connectivity index (χ1n) is 6.87. The van der Waals surface area contributed by atoms with Crippen molar-refractivity contribution in [2.75, 3.05) is 0 Å². The first-order chi connectivity index (χ1) is 9.41. The predicted molar refractivity (Wildman–Crippen MR) is 83.7 cm³/mol. The van der Waals surface area contributed by atoms with Crippen LogP contribution in [0.25, 0.3) is 0 Å². The summed E-state index contributed by atoms with van der Waals surface area (Å²) in [7, 11) is -4.06. The van der Waals surface area contributed by atoms with Crippen molar-refractivity contribution in [2.45, 2.75) is 51.6 Å². The summed E-state index contributed by atoms with van der Waals surface area (Å²) in [5.74, 6) is -0.195. The summed E-state index contributed by atoms with van der Waals surface area (Å²) in [4.78, 5) is 0. The van der Waals surface area contributed by atoms with Crippen LogP contribution >= 0.6 is 0 Å². The lowest BCUT2D eigenvalue weighted by atomic mass is 9.75. The van der Waals surface area contributed by atoms with Gasteiger partial charge in [0.1, 0.15) is 0 Å². The molecule has 1 aliphatic heterocycles. The van der Waals surface area contributed by atoms with E-state index in [9.17, 15) is 8.42 Å². The third kappa shape index (κ3) is 3.48. The van der Waals surface area contributed by atoms with Crippen LogP contribution in [-0.4, -0.2) is 26.7 Å². The lowest BCUT2D eigenvalue weighted by Crippen LogP contribution is -2.41. The van der Waals surface area contributed by atoms with Crippen molar-refractivity contribution in [1.82, 2.24) is 0 Å². The Bertz CT molecular complexity index is 639. The molecule has 0 aliphatic carbocycles. The lowest BCUT2D eigenvalue weighted by molar-refractivity contribution is 0.00578. The topological polar surface area (TPSA) is 78.6 Å². The van der Waals surface area contributed by atoms with Crippen molar-refractivity contribution in [3.8, 4) is 0 Å². The van der Waals surface area contributed by atoms with Gasteiger partial charge >= 0.3 is 7.12 Å². The first-order valence-corrected chi connectivity index (χ1v) is 8.58. The number of hydrogen-bond donors (Lipinski definition) is 1. The molecular formula is C14H22BNO4S. The fourth-order valence-electron chi connectivity index (χ4n) is 2.24. The van der Waals surface area contributed by atoms with Gasteiger partial charge in [0.15, 0.2) is 0 Å². The zero-order valence-corrected chi connectivity index (χ0v) is 14.0. The van der Waals surface area contributed by atoms with Crippen molar-refractivity contribution in [3.63, 3.8) is 0 Å². The van der Waals surface area contributed by atoms with E-state index in [0.29, 0.717) is 5.56 Å². The molecule has 7 heteroatoms. The minimum absolute atomic E-state index is 0.195. The summed E-state index contributed by atoms with van der Waals surface area (Å²) in [6.07, 6.45) is 0. The van der Waals surface area contributed by atoms with Gasteiger partial charge in [0.05, 0.1) is 17.0 Å². The van der Waals surface area contributed by atoms with Gasteiger partial charge in [0.25, 0.3) is 0 Å². The Labute approximate surface area is 127 Å². The molecule has 1 heterocycles. The molecule has 0 aromatic heterocycles. The second-order valence-corrected chi connectivity index (χ2v) is 8.20. The maximum Gasteiger partial charge on any atom is 0.495 e. The molecule has 1 aliphatic rings. The van der Waals surface area contributed by atoms with Crippen LogP contribution in [0.15, 0.2) is 18.2 Å². The summed E-state index contributed by atoms with van der Waals surface area (Å²) >= 11 is 0. The minimum Gasteiger partial charge on any atom is -0.399 e. The van der Waals surface area contributed by atoms with E-state index in [1.165, 1.54) is 0 Å². The standard InChI is InChI=1S/C14H22BNO4S/c1-10-6-7-11(9-21(16,17)18)8-12(10)15-19-13(2,3)14(4,5)20-15/h6-8H,9H2,1-5H3,(H2,16,17,18). The third-order valence-electron chi connectivity index (χ3n) is 4.22. The molecule has 0 amide bonds. The highest BCUT2D eigenvalue weighted by Gasteiger charge is 2.52. The van der Waals surface area contributed by atoms with Crippen LogP contribution < -0.4 is 10.6 Å². The van der Waals surface area contributed by atoms with Gasteiger partial charge in [-0.3, -0.25) is 0 Å². The molecule has 0 atom stereocenters. The highest BCUT2D eigenvalue weighted by Crippen LogP contribution is 2.36. The second kappa shape index (κ2) is 5.09. The first kappa shape index (κ1) is 16.5. The molecule has 2 rings (SSSR count). The monoisotopic (exact) mass is 311 g/mol. The summed E-state index contributed by atoms with van der Waals surface area (Å²) in [6.45, 7) is 9.88. The molecule has 1 aromatic rings. The fourth-order valence-corrected chi connectivity index (χ4v) is 2.88. The molecule has 116 valence electrons. The van der Waals surface area contributed by atoms with Gasteiger partial charge in [-0.25, -0.2) is 13.6 Å². The van der Waals surface area contributed by atoms with E-state index in [0.717, 1.165) is 11.0 Å². The van der Waals surface area contributed by atoms with Gasteiger partial charge in [-0.15, -0.1) is 0 Å². The number of nitrogens with two attached hydrogens (primary N) is 1. The number of sulfonamides is 1. The Kier molecular flexibility index (Phi) is 3.99. The minimum atomic E-state index is -3.56. The molecule has 0 saturated carbocycles. The molecule has 0 spiro atoms. The van der Waals surface area contributed by atoms with Gasteiger partial charge in [-0.2, -0.15) is 0 Å². The molecule has 1 fully saturated rings. The number of benzene rings is 1. The van der Waals surface area contributed by atoms with Gasteiger partial charge < -0.3 is 9.31 Å². The molecule has 0 radical (unpaired) electrons. The molecule has 2 N–H and O–H groups in total. The second-order valence-electron chi connectivity index (χ2n) is 6.59. The Morgan fingerprint density at radius 1 is 1.14 bits per heavy atom. The number of primary sulfonamides is 1. The molecule has 1 aromatic carbocycles. The smallest absolute Gasteiger partial charge is 0.399 e. The van der Waals surface area contributed by atoms with Crippen molar-refractivity contribution in [2.24, 2.45) is 5.14 Å². The van der Waals surface area contributed by atoms with Gasteiger partial charge in [-0.1, -0.05) is 23.8 Å². The van der Waals surface area contributed by atoms with E-state index in [-0.39, 0.29) is 5.75 Å². The van der Waals surface area contributed by atoms with Crippen LogP contribution in [0.3, 0.4) is 0 Å². The summed E-state index contributed by atoms with van der Waals surface area (Å²) in [5, 5.41) is 5.10.